The normalized spacial score (nSPS) is 13.3. The lowest BCUT2D eigenvalue weighted by Crippen LogP contribution is -2.00. The van der Waals surface area contributed by atoms with Gasteiger partial charge < -0.3 is 9.47 Å². The average molecular weight is 237 g/mol. The second-order valence-corrected chi connectivity index (χ2v) is 3.95. The monoisotopic (exact) mass is 237 g/mol. The molecule has 0 atom stereocenters. The number of aryl methyl sites for hydroxylation is 1. The molecule has 94 valence electrons. The van der Waals surface area contributed by atoms with Crippen LogP contribution in [0.4, 0.5) is 0 Å². The Hall–Kier alpha value is -1.58. The summed E-state index contributed by atoms with van der Waals surface area (Å²) in [5.41, 5.74) is 1.17. The molecular weight excluding hydrogens is 218 g/mol. The van der Waals surface area contributed by atoms with Gasteiger partial charge in [0.05, 0.1) is 19.4 Å². The first kappa shape index (κ1) is 13.5. The standard InChI is InChI=1S/C10H13NO.C3H6O2/c1-8-4-5-11-6-10(8)12-7-9-2-3-9;1-2-5-3-4/h4-6,9H,2-3,7H2,1H3;3H,2H2,1H3. The maximum Gasteiger partial charge on any atom is 0.293 e. The van der Waals surface area contributed by atoms with E-state index in [0.717, 1.165) is 18.3 Å². The van der Waals surface area contributed by atoms with E-state index in [1.165, 1.54) is 18.4 Å². The zero-order valence-corrected chi connectivity index (χ0v) is 10.4. The van der Waals surface area contributed by atoms with Gasteiger partial charge in [-0.05, 0) is 44.2 Å². The Morgan fingerprint density at radius 3 is 2.76 bits per heavy atom. The lowest BCUT2D eigenvalue weighted by Gasteiger charge is -2.06. The Labute approximate surface area is 102 Å². The van der Waals surface area contributed by atoms with E-state index in [4.69, 9.17) is 4.74 Å². The Bertz CT molecular complexity index is 337. The second kappa shape index (κ2) is 7.65. The molecule has 1 saturated carbocycles. The highest BCUT2D eigenvalue weighted by atomic mass is 16.5. The van der Waals surface area contributed by atoms with Gasteiger partial charge in [-0.2, -0.15) is 0 Å². The first-order valence-electron chi connectivity index (χ1n) is 5.86. The predicted octanol–water partition coefficient (Wildman–Crippen LogP) is 2.36. The summed E-state index contributed by atoms with van der Waals surface area (Å²) in [6.45, 7) is 5.58. The van der Waals surface area contributed by atoms with Gasteiger partial charge in [0.15, 0.2) is 0 Å². The number of rotatable bonds is 5. The van der Waals surface area contributed by atoms with Crippen LogP contribution in [-0.2, 0) is 9.53 Å². The van der Waals surface area contributed by atoms with E-state index in [2.05, 4.69) is 9.72 Å². The van der Waals surface area contributed by atoms with E-state index >= 15 is 0 Å². The van der Waals surface area contributed by atoms with E-state index in [1.54, 1.807) is 19.3 Å². The third-order valence-corrected chi connectivity index (χ3v) is 2.40. The summed E-state index contributed by atoms with van der Waals surface area (Å²) in [6, 6.07) is 1.97. The average Bonchev–Trinajstić information content (AvgIpc) is 3.14. The SMILES string of the molecule is CCOC=O.Cc1ccncc1OCC1CC1. The summed E-state index contributed by atoms with van der Waals surface area (Å²) in [6.07, 6.45) is 6.25. The van der Waals surface area contributed by atoms with Crippen LogP contribution in [0.25, 0.3) is 0 Å². The molecule has 4 nitrogen and oxygen atoms in total. The smallest absolute Gasteiger partial charge is 0.293 e. The molecule has 4 heteroatoms. The molecule has 0 aromatic carbocycles. The number of hydrogen-bond donors (Lipinski definition) is 0. The first-order chi connectivity index (χ1) is 8.27. The highest BCUT2D eigenvalue weighted by molar-refractivity contribution is 5.36. The zero-order chi connectivity index (χ0) is 12.5. The molecule has 2 rings (SSSR count). The molecule has 1 aliphatic carbocycles. The van der Waals surface area contributed by atoms with Gasteiger partial charge in [-0.3, -0.25) is 9.78 Å². The summed E-state index contributed by atoms with van der Waals surface area (Å²) < 4.78 is 9.75. The van der Waals surface area contributed by atoms with Crippen molar-refractivity contribution >= 4 is 6.47 Å². The highest BCUT2D eigenvalue weighted by Crippen LogP contribution is 2.29. The third kappa shape index (κ3) is 5.90. The largest absolute Gasteiger partial charge is 0.491 e. The van der Waals surface area contributed by atoms with Gasteiger partial charge in [-0.25, -0.2) is 0 Å². The van der Waals surface area contributed by atoms with Crippen molar-refractivity contribution in [1.82, 2.24) is 4.98 Å². The maximum atomic E-state index is 9.18. The van der Waals surface area contributed by atoms with Crippen molar-refractivity contribution in [3.8, 4) is 5.75 Å². The van der Waals surface area contributed by atoms with Gasteiger partial charge in [0.1, 0.15) is 5.75 Å². The number of carbonyl (C=O) groups is 1. The molecular formula is C13H19NO3. The van der Waals surface area contributed by atoms with Crippen LogP contribution in [0.5, 0.6) is 5.75 Å². The molecule has 0 N–H and O–H groups in total. The molecule has 0 amide bonds. The first-order valence-corrected chi connectivity index (χ1v) is 5.86. The third-order valence-electron chi connectivity index (χ3n) is 2.40. The molecule has 17 heavy (non-hydrogen) atoms. The summed E-state index contributed by atoms with van der Waals surface area (Å²) in [5, 5.41) is 0. The molecule has 0 radical (unpaired) electrons. The minimum Gasteiger partial charge on any atom is -0.491 e. The van der Waals surface area contributed by atoms with Crippen LogP contribution < -0.4 is 4.74 Å². The van der Waals surface area contributed by atoms with Gasteiger partial charge in [-0.1, -0.05) is 0 Å². The molecule has 0 spiro atoms. The predicted molar refractivity (Wildman–Crippen MR) is 64.9 cm³/mol. The fraction of sp³-hybridized carbons (Fsp3) is 0.538. The topological polar surface area (TPSA) is 48.4 Å². The van der Waals surface area contributed by atoms with Gasteiger partial charge in [0, 0.05) is 6.20 Å². The lowest BCUT2D eigenvalue weighted by molar-refractivity contribution is -0.128. The van der Waals surface area contributed by atoms with Crippen molar-refractivity contribution in [2.45, 2.75) is 26.7 Å². The quantitative estimate of drug-likeness (QED) is 0.738. The molecule has 1 aliphatic rings. The van der Waals surface area contributed by atoms with Crippen molar-refractivity contribution in [3.05, 3.63) is 24.0 Å². The Morgan fingerprint density at radius 2 is 2.29 bits per heavy atom. The van der Waals surface area contributed by atoms with Gasteiger partial charge >= 0.3 is 0 Å². The van der Waals surface area contributed by atoms with Gasteiger partial charge in [0.25, 0.3) is 6.47 Å². The van der Waals surface area contributed by atoms with Crippen LogP contribution >= 0.6 is 0 Å². The number of aromatic nitrogens is 1. The van der Waals surface area contributed by atoms with E-state index in [9.17, 15) is 4.79 Å². The van der Waals surface area contributed by atoms with Crippen molar-refractivity contribution in [3.63, 3.8) is 0 Å². The summed E-state index contributed by atoms with van der Waals surface area (Å²) in [7, 11) is 0. The molecule has 1 fully saturated rings. The van der Waals surface area contributed by atoms with Crippen LogP contribution in [0.3, 0.4) is 0 Å². The van der Waals surface area contributed by atoms with Crippen molar-refractivity contribution in [2.24, 2.45) is 5.92 Å². The minimum absolute atomic E-state index is 0.431. The number of nitrogens with zero attached hydrogens (tertiary/aromatic N) is 1. The molecule has 0 unspecified atom stereocenters. The Balaban J connectivity index is 0.000000249. The van der Waals surface area contributed by atoms with E-state index < -0.39 is 0 Å². The van der Waals surface area contributed by atoms with Crippen molar-refractivity contribution in [2.75, 3.05) is 13.2 Å². The summed E-state index contributed by atoms with van der Waals surface area (Å²) in [4.78, 5) is 13.2. The van der Waals surface area contributed by atoms with Crippen LogP contribution in [-0.4, -0.2) is 24.7 Å². The van der Waals surface area contributed by atoms with Crippen LogP contribution in [0.15, 0.2) is 18.5 Å². The fourth-order valence-corrected chi connectivity index (χ4v) is 1.16. The molecule has 0 saturated heterocycles. The molecule has 1 aromatic heterocycles. The Kier molecular flexibility index (Phi) is 6.07. The van der Waals surface area contributed by atoms with E-state index in [-0.39, 0.29) is 0 Å². The molecule has 1 aromatic rings. The highest BCUT2D eigenvalue weighted by Gasteiger charge is 2.22. The molecule has 1 heterocycles. The lowest BCUT2D eigenvalue weighted by atomic mass is 10.3. The van der Waals surface area contributed by atoms with Crippen molar-refractivity contribution < 1.29 is 14.3 Å². The maximum absolute atomic E-state index is 9.18. The summed E-state index contributed by atoms with van der Waals surface area (Å²) >= 11 is 0. The molecule has 0 aliphatic heterocycles. The van der Waals surface area contributed by atoms with E-state index in [0.29, 0.717) is 13.1 Å². The van der Waals surface area contributed by atoms with Gasteiger partial charge in [0.2, 0.25) is 0 Å². The second-order valence-electron chi connectivity index (χ2n) is 3.95. The van der Waals surface area contributed by atoms with E-state index in [1.807, 2.05) is 13.0 Å². The number of carbonyl (C=O) groups excluding carboxylic acids is 1. The fourth-order valence-electron chi connectivity index (χ4n) is 1.16. The van der Waals surface area contributed by atoms with Crippen LogP contribution in [0, 0.1) is 12.8 Å². The minimum atomic E-state index is 0.431. The van der Waals surface area contributed by atoms with Gasteiger partial charge in [-0.15, -0.1) is 0 Å². The zero-order valence-electron chi connectivity index (χ0n) is 10.4. The number of hydrogen-bond acceptors (Lipinski definition) is 4. The number of ether oxygens (including phenoxy) is 2. The van der Waals surface area contributed by atoms with Crippen LogP contribution in [0.2, 0.25) is 0 Å². The summed E-state index contributed by atoms with van der Waals surface area (Å²) in [5.74, 6) is 1.74. The van der Waals surface area contributed by atoms with Crippen LogP contribution in [0.1, 0.15) is 25.3 Å². The van der Waals surface area contributed by atoms with Crippen molar-refractivity contribution in [1.29, 1.82) is 0 Å². The number of pyridine rings is 1. The molecule has 0 bridgehead atoms. The Morgan fingerprint density at radius 1 is 1.53 bits per heavy atom.